The monoisotopic (exact) mass is 402 g/mol. The zero-order valence-electron chi connectivity index (χ0n) is 17.1. The van der Waals surface area contributed by atoms with Gasteiger partial charge in [-0.05, 0) is 42.3 Å². The Morgan fingerprint density at radius 3 is 2.50 bits per heavy atom. The maximum absolute atomic E-state index is 12.4. The van der Waals surface area contributed by atoms with Crippen LogP contribution < -0.4 is 20.1 Å². The molecule has 0 saturated heterocycles. The van der Waals surface area contributed by atoms with E-state index in [1.165, 1.54) is 0 Å². The first-order valence-electron chi connectivity index (χ1n) is 9.77. The van der Waals surface area contributed by atoms with E-state index in [1.54, 1.807) is 0 Å². The van der Waals surface area contributed by atoms with Crippen molar-refractivity contribution in [1.29, 1.82) is 0 Å². The highest BCUT2D eigenvalue weighted by molar-refractivity contribution is 5.95. The molecule has 3 rings (SSSR count). The highest BCUT2D eigenvalue weighted by Gasteiger charge is 2.08. The normalized spacial score (nSPS) is 10.2. The van der Waals surface area contributed by atoms with Crippen LogP contribution in [0.2, 0.25) is 0 Å². The first-order valence-corrected chi connectivity index (χ1v) is 9.77. The summed E-state index contributed by atoms with van der Waals surface area (Å²) in [6.07, 6.45) is 0. The van der Waals surface area contributed by atoms with Gasteiger partial charge in [-0.25, -0.2) is 0 Å². The first kappa shape index (κ1) is 21.0. The number of hydrogen-bond acceptors (Lipinski definition) is 4. The molecule has 1 amide bonds. The van der Waals surface area contributed by atoms with Crippen LogP contribution in [-0.2, 0) is 11.4 Å². The van der Waals surface area contributed by atoms with E-state index in [-0.39, 0.29) is 12.5 Å². The molecule has 0 bridgehead atoms. The fourth-order valence-corrected chi connectivity index (χ4v) is 2.71. The minimum atomic E-state index is -0.169. The third kappa shape index (κ3) is 6.71. The van der Waals surface area contributed by atoms with E-state index in [0.717, 1.165) is 22.6 Å². The molecule has 0 spiro atoms. The molecule has 3 aromatic rings. The van der Waals surface area contributed by atoms with Gasteiger partial charge in [0.25, 0.3) is 0 Å². The molecule has 0 radical (unpaired) electrons. The second-order valence-corrected chi connectivity index (χ2v) is 6.95. The Hall–Kier alpha value is -3.73. The van der Waals surface area contributed by atoms with Gasteiger partial charge >= 0.3 is 0 Å². The van der Waals surface area contributed by atoms with Crippen LogP contribution in [0.15, 0.2) is 91.0 Å². The van der Waals surface area contributed by atoms with Crippen LogP contribution in [0, 0.1) is 0 Å². The van der Waals surface area contributed by atoms with E-state index in [2.05, 4.69) is 17.2 Å². The molecular formula is C25H26N2O3. The van der Waals surface area contributed by atoms with Gasteiger partial charge in [0.15, 0.2) is 0 Å². The average molecular weight is 402 g/mol. The third-order valence-electron chi connectivity index (χ3n) is 4.17. The van der Waals surface area contributed by atoms with Gasteiger partial charge in [0.2, 0.25) is 5.91 Å². The lowest BCUT2D eigenvalue weighted by atomic mass is 10.2. The molecule has 0 aliphatic rings. The number of rotatable bonds is 10. The van der Waals surface area contributed by atoms with E-state index in [1.807, 2.05) is 85.8 Å². The molecule has 0 atom stereocenters. The lowest BCUT2D eigenvalue weighted by Crippen LogP contribution is -2.22. The van der Waals surface area contributed by atoms with Crippen LogP contribution in [-0.4, -0.2) is 19.1 Å². The van der Waals surface area contributed by atoms with Crippen LogP contribution in [0.3, 0.4) is 0 Å². The van der Waals surface area contributed by atoms with Crippen LogP contribution in [0.25, 0.3) is 0 Å². The maximum atomic E-state index is 12.4. The van der Waals surface area contributed by atoms with Gasteiger partial charge < -0.3 is 20.1 Å². The smallest absolute Gasteiger partial charge is 0.243 e. The van der Waals surface area contributed by atoms with Crippen molar-refractivity contribution < 1.29 is 14.3 Å². The molecule has 154 valence electrons. The van der Waals surface area contributed by atoms with Crippen LogP contribution in [0.1, 0.15) is 12.5 Å². The quantitative estimate of drug-likeness (QED) is 0.454. The lowest BCUT2D eigenvalue weighted by Gasteiger charge is -2.13. The number of para-hydroxylation sites is 2. The molecule has 3 aromatic carbocycles. The van der Waals surface area contributed by atoms with Crippen molar-refractivity contribution in [3.63, 3.8) is 0 Å². The summed E-state index contributed by atoms with van der Waals surface area (Å²) < 4.78 is 11.5. The second-order valence-electron chi connectivity index (χ2n) is 6.95. The zero-order valence-corrected chi connectivity index (χ0v) is 17.1. The van der Waals surface area contributed by atoms with Crippen molar-refractivity contribution in [2.45, 2.75) is 13.5 Å². The summed E-state index contributed by atoms with van der Waals surface area (Å²) in [6.45, 7) is 6.74. The van der Waals surface area contributed by atoms with Crippen LogP contribution in [0.4, 0.5) is 11.4 Å². The Balaban J connectivity index is 1.52. The van der Waals surface area contributed by atoms with Gasteiger partial charge in [0, 0.05) is 11.8 Å². The molecule has 0 unspecified atom stereocenters. The largest absolute Gasteiger partial charge is 0.489 e. The van der Waals surface area contributed by atoms with Crippen LogP contribution in [0.5, 0.6) is 11.5 Å². The molecule has 0 saturated carbocycles. The van der Waals surface area contributed by atoms with Crippen molar-refractivity contribution in [1.82, 2.24) is 0 Å². The fourth-order valence-electron chi connectivity index (χ4n) is 2.71. The minimum absolute atomic E-state index is 0.122. The predicted molar refractivity (Wildman–Crippen MR) is 121 cm³/mol. The number of amides is 1. The van der Waals surface area contributed by atoms with Crippen molar-refractivity contribution in [3.05, 3.63) is 96.6 Å². The highest BCUT2D eigenvalue weighted by atomic mass is 16.5. The SMILES string of the molecule is C=C(C)COc1ccccc1NC(=O)CNc1cccc(OCc2ccccc2)c1. The van der Waals surface area contributed by atoms with E-state index in [9.17, 15) is 4.79 Å². The number of carbonyl (C=O) groups is 1. The van der Waals surface area contributed by atoms with Crippen molar-refractivity contribution in [2.75, 3.05) is 23.8 Å². The molecule has 0 fully saturated rings. The lowest BCUT2D eigenvalue weighted by molar-refractivity contribution is -0.114. The number of anilines is 2. The summed E-state index contributed by atoms with van der Waals surface area (Å²) in [6, 6.07) is 24.9. The van der Waals surface area contributed by atoms with E-state index in [4.69, 9.17) is 9.47 Å². The van der Waals surface area contributed by atoms with Gasteiger partial charge in [-0.2, -0.15) is 0 Å². The molecule has 5 heteroatoms. The van der Waals surface area contributed by atoms with E-state index in [0.29, 0.717) is 24.7 Å². The number of hydrogen-bond donors (Lipinski definition) is 2. The zero-order chi connectivity index (χ0) is 21.2. The standard InChI is InChI=1S/C25H26N2O3/c1-19(2)17-30-24-14-7-6-13-23(24)27-25(28)16-26-21-11-8-12-22(15-21)29-18-20-9-4-3-5-10-20/h3-15,26H,1,16-18H2,2H3,(H,27,28). The average Bonchev–Trinajstić information content (AvgIpc) is 2.77. The summed E-state index contributed by atoms with van der Waals surface area (Å²) in [4.78, 5) is 12.4. The van der Waals surface area contributed by atoms with Crippen molar-refractivity contribution in [3.8, 4) is 11.5 Å². The van der Waals surface area contributed by atoms with E-state index >= 15 is 0 Å². The molecule has 30 heavy (non-hydrogen) atoms. The third-order valence-corrected chi connectivity index (χ3v) is 4.17. The summed E-state index contributed by atoms with van der Waals surface area (Å²) in [5, 5.41) is 6.00. The molecule has 0 aliphatic carbocycles. The van der Waals surface area contributed by atoms with Gasteiger partial charge in [0.05, 0.1) is 12.2 Å². The minimum Gasteiger partial charge on any atom is -0.489 e. The molecule has 0 aliphatic heterocycles. The summed E-state index contributed by atoms with van der Waals surface area (Å²) in [5.41, 5.74) is 3.45. The summed E-state index contributed by atoms with van der Waals surface area (Å²) in [5.74, 6) is 1.19. The Morgan fingerprint density at radius 1 is 0.933 bits per heavy atom. The summed E-state index contributed by atoms with van der Waals surface area (Å²) in [7, 11) is 0. The second kappa shape index (κ2) is 10.7. The first-order chi connectivity index (χ1) is 14.6. The Bertz CT molecular complexity index is 986. The highest BCUT2D eigenvalue weighted by Crippen LogP contribution is 2.24. The number of carbonyl (C=O) groups excluding carboxylic acids is 1. The van der Waals surface area contributed by atoms with Gasteiger partial charge in [-0.1, -0.05) is 55.1 Å². The van der Waals surface area contributed by atoms with E-state index < -0.39 is 0 Å². The van der Waals surface area contributed by atoms with Crippen LogP contribution >= 0.6 is 0 Å². The number of ether oxygens (including phenoxy) is 2. The Labute approximate surface area is 177 Å². The molecule has 0 heterocycles. The topological polar surface area (TPSA) is 59.6 Å². The Morgan fingerprint density at radius 2 is 1.70 bits per heavy atom. The van der Waals surface area contributed by atoms with Gasteiger partial charge in [0.1, 0.15) is 24.7 Å². The number of nitrogens with one attached hydrogen (secondary N) is 2. The summed E-state index contributed by atoms with van der Waals surface area (Å²) >= 11 is 0. The number of benzene rings is 3. The Kier molecular flexibility index (Phi) is 7.50. The molecular weight excluding hydrogens is 376 g/mol. The van der Waals surface area contributed by atoms with Gasteiger partial charge in [-0.3, -0.25) is 4.79 Å². The molecule has 2 N–H and O–H groups in total. The maximum Gasteiger partial charge on any atom is 0.243 e. The molecule has 5 nitrogen and oxygen atoms in total. The van der Waals surface area contributed by atoms with Crippen molar-refractivity contribution in [2.24, 2.45) is 0 Å². The fraction of sp³-hybridized carbons (Fsp3) is 0.160. The van der Waals surface area contributed by atoms with Crippen molar-refractivity contribution >= 4 is 17.3 Å². The van der Waals surface area contributed by atoms with Gasteiger partial charge in [-0.15, -0.1) is 0 Å². The predicted octanol–water partition coefficient (Wildman–Crippen LogP) is 5.27. The molecule has 0 aromatic heterocycles.